The molecule has 6 nitrogen and oxygen atoms in total. The topological polar surface area (TPSA) is 69.2 Å². The van der Waals surface area contributed by atoms with E-state index < -0.39 is 0 Å². The second-order valence-electron chi connectivity index (χ2n) is 5.05. The molecule has 132 valence electrons. The summed E-state index contributed by atoms with van der Waals surface area (Å²) in [6.07, 6.45) is 0. The van der Waals surface area contributed by atoms with Gasteiger partial charge in [0.15, 0.2) is 0 Å². The zero-order valence-electron chi connectivity index (χ0n) is 14.4. The summed E-state index contributed by atoms with van der Waals surface area (Å²) in [4.78, 5) is 12.3. The second kappa shape index (κ2) is 8.53. The van der Waals surface area contributed by atoms with Crippen LogP contribution in [-0.4, -0.2) is 32.9 Å². The molecule has 0 radical (unpaired) electrons. The molecule has 0 fully saturated rings. The minimum atomic E-state index is -0.324. The SMILES string of the molecule is COc1ccc(/C(C)=N/NC(=O)c2ccc(OC)c(Br)c2)c(OC)c1. The van der Waals surface area contributed by atoms with Crippen molar-refractivity contribution in [3.63, 3.8) is 0 Å². The highest BCUT2D eigenvalue weighted by molar-refractivity contribution is 9.10. The average molecular weight is 407 g/mol. The average Bonchev–Trinajstić information content (AvgIpc) is 2.65. The first-order valence-corrected chi connectivity index (χ1v) is 8.20. The van der Waals surface area contributed by atoms with Crippen molar-refractivity contribution >= 4 is 27.5 Å². The van der Waals surface area contributed by atoms with Crippen LogP contribution in [-0.2, 0) is 0 Å². The summed E-state index contributed by atoms with van der Waals surface area (Å²) in [6, 6.07) is 10.4. The van der Waals surface area contributed by atoms with Crippen molar-refractivity contribution in [3.8, 4) is 17.2 Å². The molecule has 1 amide bonds. The van der Waals surface area contributed by atoms with Crippen LogP contribution in [0.15, 0.2) is 46.0 Å². The lowest BCUT2D eigenvalue weighted by molar-refractivity contribution is 0.0954. The minimum absolute atomic E-state index is 0.324. The zero-order valence-corrected chi connectivity index (χ0v) is 16.0. The highest BCUT2D eigenvalue weighted by Crippen LogP contribution is 2.26. The molecular weight excluding hydrogens is 388 g/mol. The number of methoxy groups -OCH3 is 3. The monoisotopic (exact) mass is 406 g/mol. The van der Waals surface area contributed by atoms with E-state index in [4.69, 9.17) is 14.2 Å². The number of carbonyl (C=O) groups excluding carboxylic acids is 1. The van der Waals surface area contributed by atoms with Crippen LogP contribution in [0.1, 0.15) is 22.8 Å². The van der Waals surface area contributed by atoms with Gasteiger partial charge in [-0.1, -0.05) is 0 Å². The Balaban J connectivity index is 2.18. The first-order valence-electron chi connectivity index (χ1n) is 7.40. The molecule has 25 heavy (non-hydrogen) atoms. The van der Waals surface area contributed by atoms with E-state index in [-0.39, 0.29) is 5.91 Å². The van der Waals surface area contributed by atoms with Crippen LogP contribution in [0, 0.1) is 0 Å². The highest BCUT2D eigenvalue weighted by atomic mass is 79.9. The predicted octanol–water partition coefficient (Wildman–Crippen LogP) is 3.63. The first-order chi connectivity index (χ1) is 12.0. The standard InChI is InChI=1S/C18H19BrN2O4/c1-11(14-7-6-13(23-2)10-17(14)25-4)20-21-18(22)12-5-8-16(24-3)15(19)9-12/h5-10H,1-4H3,(H,21,22)/b20-11+. The molecule has 0 saturated carbocycles. The van der Waals surface area contributed by atoms with Gasteiger partial charge in [-0.15, -0.1) is 0 Å². The molecule has 1 N–H and O–H groups in total. The van der Waals surface area contributed by atoms with Crippen LogP contribution < -0.4 is 19.6 Å². The number of hydrogen-bond acceptors (Lipinski definition) is 5. The Kier molecular flexibility index (Phi) is 6.41. The Bertz CT molecular complexity index is 806. The van der Waals surface area contributed by atoms with E-state index in [0.717, 1.165) is 5.56 Å². The van der Waals surface area contributed by atoms with E-state index in [9.17, 15) is 4.79 Å². The largest absolute Gasteiger partial charge is 0.497 e. The third kappa shape index (κ3) is 4.51. The number of hydrazone groups is 1. The lowest BCUT2D eigenvalue weighted by atomic mass is 10.1. The first kappa shape index (κ1) is 18.8. The summed E-state index contributed by atoms with van der Waals surface area (Å²) in [5.41, 5.74) is 4.38. The maximum absolute atomic E-state index is 12.3. The Morgan fingerprint density at radius 1 is 1.00 bits per heavy atom. The van der Waals surface area contributed by atoms with Gasteiger partial charge < -0.3 is 14.2 Å². The molecule has 0 aliphatic carbocycles. The molecule has 0 aliphatic rings. The van der Waals surface area contributed by atoms with Gasteiger partial charge in [0.25, 0.3) is 5.91 Å². The van der Waals surface area contributed by atoms with Crippen LogP contribution in [0.5, 0.6) is 17.2 Å². The number of carbonyl (C=O) groups is 1. The van der Waals surface area contributed by atoms with E-state index in [0.29, 0.717) is 33.0 Å². The molecule has 0 saturated heterocycles. The molecule has 2 aromatic carbocycles. The van der Waals surface area contributed by atoms with Crippen LogP contribution in [0.3, 0.4) is 0 Å². The summed E-state index contributed by atoms with van der Waals surface area (Å²) in [7, 11) is 4.72. The fraction of sp³-hybridized carbons (Fsp3) is 0.222. The summed E-state index contributed by atoms with van der Waals surface area (Å²) in [5, 5.41) is 4.16. The maximum Gasteiger partial charge on any atom is 0.271 e. The maximum atomic E-state index is 12.3. The predicted molar refractivity (Wildman–Crippen MR) is 99.9 cm³/mol. The molecule has 0 aromatic heterocycles. The number of nitrogens with one attached hydrogen (secondary N) is 1. The molecule has 2 aromatic rings. The summed E-state index contributed by atoms with van der Waals surface area (Å²) < 4.78 is 16.4. The molecule has 0 spiro atoms. The molecule has 0 aliphatic heterocycles. The van der Waals surface area contributed by atoms with Gasteiger partial charge in [-0.05, 0) is 53.2 Å². The van der Waals surface area contributed by atoms with Crippen molar-refractivity contribution in [1.82, 2.24) is 5.43 Å². The Morgan fingerprint density at radius 3 is 2.32 bits per heavy atom. The van der Waals surface area contributed by atoms with Gasteiger partial charge in [-0.3, -0.25) is 4.79 Å². The van der Waals surface area contributed by atoms with Crippen molar-refractivity contribution in [3.05, 3.63) is 52.0 Å². The van der Waals surface area contributed by atoms with Crippen molar-refractivity contribution in [2.24, 2.45) is 5.10 Å². The minimum Gasteiger partial charge on any atom is -0.497 e. The fourth-order valence-corrected chi connectivity index (χ4v) is 2.71. The van der Waals surface area contributed by atoms with Crippen molar-refractivity contribution in [1.29, 1.82) is 0 Å². The second-order valence-corrected chi connectivity index (χ2v) is 5.91. The van der Waals surface area contributed by atoms with Crippen molar-refractivity contribution in [2.75, 3.05) is 21.3 Å². The number of ether oxygens (including phenoxy) is 3. The van der Waals surface area contributed by atoms with Gasteiger partial charge in [0.2, 0.25) is 0 Å². The smallest absolute Gasteiger partial charge is 0.271 e. The Labute approximate surface area is 154 Å². The Hall–Kier alpha value is -2.54. The molecular formula is C18H19BrN2O4. The molecule has 0 bridgehead atoms. The van der Waals surface area contributed by atoms with Crippen LogP contribution in [0.4, 0.5) is 0 Å². The number of amides is 1. The number of benzene rings is 2. The van der Waals surface area contributed by atoms with Crippen LogP contribution in [0.25, 0.3) is 0 Å². The Morgan fingerprint density at radius 2 is 1.72 bits per heavy atom. The summed E-state index contributed by atoms with van der Waals surface area (Å²) in [6.45, 7) is 1.79. The number of nitrogens with zero attached hydrogens (tertiary/aromatic N) is 1. The fourth-order valence-electron chi connectivity index (χ4n) is 2.16. The van der Waals surface area contributed by atoms with E-state index in [1.807, 2.05) is 6.07 Å². The van der Waals surface area contributed by atoms with E-state index in [1.165, 1.54) is 0 Å². The van der Waals surface area contributed by atoms with Gasteiger partial charge in [0, 0.05) is 17.2 Å². The summed E-state index contributed by atoms with van der Waals surface area (Å²) in [5.74, 6) is 1.62. The van der Waals surface area contributed by atoms with Crippen molar-refractivity contribution in [2.45, 2.75) is 6.92 Å². The van der Waals surface area contributed by atoms with Gasteiger partial charge in [0.05, 0.1) is 31.5 Å². The van der Waals surface area contributed by atoms with Gasteiger partial charge in [-0.25, -0.2) is 5.43 Å². The van der Waals surface area contributed by atoms with Crippen LogP contribution >= 0.6 is 15.9 Å². The molecule has 7 heteroatoms. The number of rotatable bonds is 6. The lowest BCUT2D eigenvalue weighted by Gasteiger charge is -2.10. The molecule has 2 rings (SSSR count). The van der Waals surface area contributed by atoms with E-state index in [2.05, 4.69) is 26.5 Å². The number of hydrogen-bond donors (Lipinski definition) is 1. The third-order valence-corrected chi connectivity index (χ3v) is 4.16. The normalized spacial score (nSPS) is 11.0. The lowest BCUT2D eigenvalue weighted by Crippen LogP contribution is -2.19. The molecule has 0 heterocycles. The zero-order chi connectivity index (χ0) is 18.4. The highest BCUT2D eigenvalue weighted by Gasteiger charge is 2.11. The van der Waals surface area contributed by atoms with Crippen molar-refractivity contribution < 1.29 is 19.0 Å². The van der Waals surface area contributed by atoms with Crippen LogP contribution in [0.2, 0.25) is 0 Å². The third-order valence-electron chi connectivity index (χ3n) is 3.54. The molecule has 0 atom stereocenters. The quantitative estimate of drug-likeness (QED) is 0.587. The van der Waals surface area contributed by atoms with Gasteiger partial charge in [0.1, 0.15) is 17.2 Å². The van der Waals surface area contributed by atoms with E-state index >= 15 is 0 Å². The molecule has 0 unspecified atom stereocenters. The number of halogens is 1. The van der Waals surface area contributed by atoms with Gasteiger partial charge in [-0.2, -0.15) is 5.10 Å². The van der Waals surface area contributed by atoms with E-state index in [1.54, 1.807) is 58.6 Å². The summed E-state index contributed by atoms with van der Waals surface area (Å²) >= 11 is 3.36. The van der Waals surface area contributed by atoms with Gasteiger partial charge >= 0.3 is 0 Å².